The van der Waals surface area contributed by atoms with E-state index < -0.39 is 0 Å². The molecule has 2 nitrogen and oxygen atoms in total. The highest BCUT2D eigenvalue weighted by atomic mass is 15.3. The Labute approximate surface area is 71.5 Å². The summed E-state index contributed by atoms with van der Waals surface area (Å²) in [6.45, 7) is 5.67. The van der Waals surface area contributed by atoms with Gasteiger partial charge in [0.15, 0.2) is 0 Å². The molecule has 0 amide bonds. The van der Waals surface area contributed by atoms with Gasteiger partial charge in [-0.3, -0.25) is 0 Å². The Morgan fingerprint density at radius 2 is 1.83 bits per heavy atom. The molecule has 0 unspecified atom stereocenters. The van der Waals surface area contributed by atoms with Crippen LogP contribution < -0.4 is 0 Å². The normalized spacial score (nSPS) is 10.1. The van der Waals surface area contributed by atoms with Crippen molar-refractivity contribution in [1.82, 2.24) is 9.78 Å². The summed E-state index contributed by atoms with van der Waals surface area (Å²) >= 11 is 0. The van der Waals surface area contributed by atoms with E-state index in [0.717, 1.165) is 5.69 Å². The van der Waals surface area contributed by atoms with Gasteiger partial charge in [-0.1, -0.05) is 18.2 Å². The summed E-state index contributed by atoms with van der Waals surface area (Å²) in [6, 6.07) is 11.6. The van der Waals surface area contributed by atoms with Crippen molar-refractivity contribution in [1.29, 1.82) is 0 Å². The Bertz CT molecular complexity index is 362. The molecule has 0 aliphatic heterocycles. The molecule has 0 saturated carbocycles. The number of rotatable bonds is 1. The lowest BCUT2D eigenvalue weighted by molar-refractivity contribution is 0.863. The van der Waals surface area contributed by atoms with Gasteiger partial charge in [0, 0.05) is 18.8 Å². The largest absolute Gasteiger partial charge is 0.238 e. The maximum absolute atomic E-state index is 5.67. The molecule has 2 radical (unpaired) electrons. The molecular formula is C10H8N2. The van der Waals surface area contributed by atoms with Crippen LogP contribution in [0.1, 0.15) is 5.69 Å². The summed E-state index contributed by atoms with van der Waals surface area (Å²) in [6.07, 6.45) is 1.68. The molecule has 1 heterocycles. The van der Waals surface area contributed by atoms with Gasteiger partial charge in [0.25, 0.3) is 0 Å². The Hall–Kier alpha value is -1.57. The fourth-order valence-electron chi connectivity index (χ4n) is 1.10. The first-order valence-electron chi connectivity index (χ1n) is 3.73. The zero-order chi connectivity index (χ0) is 8.39. The lowest BCUT2D eigenvalue weighted by Crippen LogP contribution is -1.97. The highest BCUT2D eigenvalue weighted by molar-refractivity contribution is 5.32. The standard InChI is InChI=1S/C10H8N2/c1-9-7-8-11-12(9)10-5-3-2-4-6-10/h1-8H. The summed E-state index contributed by atoms with van der Waals surface area (Å²) in [5.74, 6) is 0. The van der Waals surface area contributed by atoms with Crippen molar-refractivity contribution in [3.8, 4) is 5.69 Å². The molecule has 1 aromatic heterocycles. The predicted octanol–water partition coefficient (Wildman–Crippen LogP) is 1.93. The van der Waals surface area contributed by atoms with Crippen LogP contribution in [0.2, 0.25) is 0 Å². The van der Waals surface area contributed by atoms with E-state index in [2.05, 4.69) is 5.10 Å². The van der Waals surface area contributed by atoms with Crippen molar-refractivity contribution in [3.63, 3.8) is 0 Å². The van der Waals surface area contributed by atoms with Crippen LogP contribution in [-0.2, 0) is 0 Å². The minimum absolute atomic E-state index is 0.654. The second kappa shape index (κ2) is 2.81. The summed E-state index contributed by atoms with van der Waals surface area (Å²) in [5.41, 5.74) is 1.64. The summed E-state index contributed by atoms with van der Waals surface area (Å²) in [7, 11) is 0. The van der Waals surface area contributed by atoms with E-state index in [9.17, 15) is 0 Å². The highest BCUT2D eigenvalue weighted by Gasteiger charge is 1.97. The molecule has 0 fully saturated rings. The number of hydrogen-bond donors (Lipinski definition) is 0. The zero-order valence-corrected chi connectivity index (χ0v) is 6.51. The van der Waals surface area contributed by atoms with Crippen LogP contribution in [0.5, 0.6) is 0 Å². The summed E-state index contributed by atoms with van der Waals surface area (Å²) in [5, 5.41) is 4.08. The quantitative estimate of drug-likeness (QED) is 0.616. The zero-order valence-electron chi connectivity index (χ0n) is 6.51. The molecule has 1 aromatic carbocycles. The van der Waals surface area contributed by atoms with E-state index in [4.69, 9.17) is 6.92 Å². The molecule has 0 saturated heterocycles. The fourth-order valence-corrected chi connectivity index (χ4v) is 1.10. The second-order valence-corrected chi connectivity index (χ2v) is 2.50. The van der Waals surface area contributed by atoms with Crippen LogP contribution in [0.3, 0.4) is 0 Å². The highest BCUT2D eigenvalue weighted by Crippen LogP contribution is 2.07. The van der Waals surface area contributed by atoms with Crippen LogP contribution in [0.25, 0.3) is 5.69 Å². The van der Waals surface area contributed by atoms with Gasteiger partial charge in [0.05, 0.1) is 5.69 Å². The number of para-hydroxylation sites is 1. The first-order valence-corrected chi connectivity index (χ1v) is 3.73. The Kier molecular flexibility index (Phi) is 1.67. The monoisotopic (exact) mass is 156 g/mol. The molecule has 2 aromatic rings. The number of hydrogen-bond acceptors (Lipinski definition) is 1. The van der Waals surface area contributed by atoms with Crippen molar-refractivity contribution in [2.45, 2.75) is 0 Å². The van der Waals surface area contributed by atoms with E-state index in [1.165, 1.54) is 0 Å². The average molecular weight is 156 g/mol. The molecular weight excluding hydrogens is 148 g/mol. The molecule has 12 heavy (non-hydrogen) atoms. The third kappa shape index (κ3) is 1.11. The van der Waals surface area contributed by atoms with E-state index in [1.807, 2.05) is 30.3 Å². The molecule has 2 rings (SSSR count). The smallest absolute Gasteiger partial charge is 0.0648 e. The van der Waals surface area contributed by atoms with Crippen molar-refractivity contribution in [3.05, 3.63) is 55.2 Å². The first kappa shape index (κ1) is 7.10. The van der Waals surface area contributed by atoms with Gasteiger partial charge in [0.2, 0.25) is 0 Å². The lowest BCUT2D eigenvalue weighted by atomic mass is 10.3. The fraction of sp³-hybridized carbons (Fsp3) is 0. The summed E-state index contributed by atoms with van der Waals surface area (Å²) in [4.78, 5) is 0. The minimum atomic E-state index is 0.654. The molecule has 58 valence electrons. The van der Waals surface area contributed by atoms with Crippen molar-refractivity contribution in [2.75, 3.05) is 0 Å². The first-order chi connectivity index (χ1) is 5.88. The second-order valence-electron chi connectivity index (χ2n) is 2.50. The van der Waals surface area contributed by atoms with Crippen LogP contribution in [0.15, 0.2) is 42.6 Å². The maximum atomic E-state index is 5.67. The van der Waals surface area contributed by atoms with Crippen molar-refractivity contribution in [2.24, 2.45) is 0 Å². The molecule has 0 aliphatic carbocycles. The van der Waals surface area contributed by atoms with Gasteiger partial charge in [-0.05, 0) is 18.2 Å². The predicted molar refractivity (Wildman–Crippen MR) is 47.0 cm³/mol. The van der Waals surface area contributed by atoms with Crippen LogP contribution >= 0.6 is 0 Å². The Balaban J connectivity index is 2.51. The van der Waals surface area contributed by atoms with Gasteiger partial charge in [-0.25, -0.2) is 4.68 Å². The van der Waals surface area contributed by atoms with Crippen LogP contribution in [0, 0.1) is 6.92 Å². The molecule has 0 atom stereocenters. The summed E-state index contributed by atoms with van der Waals surface area (Å²) < 4.78 is 1.69. The minimum Gasteiger partial charge on any atom is -0.238 e. The van der Waals surface area contributed by atoms with E-state index in [1.54, 1.807) is 16.9 Å². The van der Waals surface area contributed by atoms with E-state index in [-0.39, 0.29) is 0 Å². The van der Waals surface area contributed by atoms with Gasteiger partial charge >= 0.3 is 0 Å². The molecule has 2 heteroatoms. The van der Waals surface area contributed by atoms with Crippen molar-refractivity contribution < 1.29 is 0 Å². The number of aromatic nitrogens is 2. The molecule has 0 bridgehead atoms. The lowest BCUT2D eigenvalue weighted by Gasteiger charge is -2.01. The van der Waals surface area contributed by atoms with Gasteiger partial charge in [0.1, 0.15) is 0 Å². The third-order valence-corrected chi connectivity index (χ3v) is 1.67. The molecule has 0 aliphatic rings. The Morgan fingerprint density at radius 1 is 1.08 bits per heavy atom. The van der Waals surface area contributed by atoms with E-state index in [0.29, 0.717) is 5.69 Å². The van der Waals surface area contributed by atoms with Gasteiger partial charge in [-0.2, -0.15) is 5.10 Å². The molecule has 0 spiro atoms. The number of nitrogens with zero attached hydrogens (tertiary/aromatic N) is 2. The van der Waals surface area contributed by atoms with E-state index >= 15 is 0 Å². The van der Waals surface area contributed by atoms with Gasteiger partial charge < -0.3 is 0 Å². The van der Waals surface area contributed by atoms with Crippen LogP contribution in [-0.4, -0.2) is 9.78 Å². The van der Waals surface area contributed by atoms with Gasteiger partial charge in [-0.15, -0.1) is 0 Å². The maximum Gasteiger partial charge on any atom is 0.0648 e. The topological polar surface area (TPSA) is 17.8 Å². The molecule has 0 N–H and O–H groups in total. The van der Waals surface area contributed by atoms with Crippen molar-refractivity contribution >= 4 is 0 Å². The van der Waals surface area contributed by atoms with Crippen LogP contribution in [0.4, 0.5) is 0 Å². The average Bonchev–Trinajstić information content (AvgIpc) is 2.53. The Morgan fingerprint density at radius 3 is 2.42 bits per heavy atom. The number of benzene rings is 1. The SMILES string of the molecule is [CH]c1ccnn1-c1ccccc1. The third-order valence-electron chi connectivity index (χ3n) is 1.67.